The molecule has 0 aliphatic carbocycles. The van der Waals surface area contributed by atoms with E-state index in [4.69, 9.17) is 0 Å². The summed E-state index contributed by atoms with van der Waals surface area (Å²) in [7, 11) is 1.85. The van der Waals surface area contributed by atoms with Crippen LogP contribution in [0, 0.1) is 0 Å². The van der Waals surface area contributed by atoms with Gasteiger partial charge in [-0.1, -0.05) is 44.2 Å². The second-order valence-corrected chi connectivity index (χ2v) is 5.82. The minimum Gasteiger partial charge on any atom is -0.494 e. The van der Waals surface area contributed by atoms with Crippen LogP contribution in [-0.2, 0) is 7.05 Å². The van der Waals surface area contributed by atoms with E-state index < -0.39 is 0 Å². The zero-order valence-electron chi connectivity index (χ0n) is 13.1. The lowest BCUT2D eigenvalue weighted by atomic mass is 10.0. The molecule has 0 unspecified atom stereocenters. The smallest absolute Gasteiger partial charge is 0.200 e. The molecule has 1 N–H and O–H groups in total. The zero-order chi connectivity index (χ0) is 15.7. The topological polar surface area (TPSA) is 37.5 Å². The summed E-state index contributed by atoms with van der Waals surface area (Å²) in [6, 6.07) is 16.1. The van der Waals surface area contributed by atoms with Gasteiger partial charge >= 0.3 is 0 Å². The van der Waals surface area contributed by atoms with Crippen molar-refractivity contribution >= 4 is 22.8 Å². The maximum Gasteiger partial charge on any atom is 0.200 e. The van der Waals surface area contributed by atoms with Crippen molar-refractivity contribution in [1.29, 1.82) is 0 Å². The third-order valence-corrected chi connectivity index (χ3v) is 4.02. The Morgan fingerprint density at radius 3 is 2.41 bits per heavy atom. The van der Waals surface area contributed by atoms with Crippen LogP contribution >= 0.6 is 0 Å². The summed E-state index contributed by atoms with van der Waals surface area (Å²) in [4.78, 5) is 4.50. The first-order valence-electron chi connectivity index (χ1n) is 7.48. The SMILES string of the molecule is CC(C)c1ccc(N=Cc2c(O)n(C)c3ccccc23)cc1. The Balaban J connectivity index is 1.97. The van der Waals surface area contributed by atoms with Gasteiger partial charge in [-0.2, -0.15) is 0 Å². The molecule has 0 spiro atoms. The van der Waals surface area contributed by atoms with Crippen molar-refractivity contribution in [3.05, 3.63) is 59.7 Å². The number of para-hydroxylation sites is 1. The van der Waals surface area contributed by atoms with Crippen molar-refractivity contribution in [3.8, 4) is 5.88 Å². The highest BCUT2D eigenvalue weighted by Gasteiger charge is 2.11. The summed E-state index contributed by atoms with van der Waals surface area (Å²) in [6.07, 6.45) is 1.74. The van der Waals surface area contributed by atoms with Crippen LogP contribution in [0.3, 0.4) is 0 Å². The molecule has 3 rings (SSSR count). The van der Waals surface area contributed by atoms with E-state index in [1.807, 2.05) is 43.4 Å². The summed E-state index contributed by atoms with van der Waals surface area (Å²) in [5.41, 5.74) is 3.94. The highest BCUT2D eigenvalue weighted by Crippen LogP contribution is 2.29. The van der Waals surface area contributed by atoms with E-state index in [1.54, 1.807) is 10.8 Å². The fourth-order valence-electron chi connectivity index (χ4n) is 2.62. The molecule has 22 heavy (non-hydrogen) atoms. The number of hydrogen-bond donors (Lipinski definition) is 1. The minimum absolute atomic E-state index is 0.240. The molecule has 112 valence electrons. The van der Waals surface area contributed by atoms with Crippen LogP contribution in [0.1, 0.15) is 30.9 Å². The molecule has 3 nitrogen and oxygen atoms in total. The normalized spacial score (nSPS) is 11.8. The quantitative estimate of drug-likeness (QED) is 0.694. The number of aliphatic imine (C=N–C) groups is 1. The highest BCUT2D eigenvalue weighted by atomic mass is 16.3. The maximum atomic E-state index is 10.3. The summed E-state index contributed by atoms with van der Waals surface area (Å²) >= 11 is 0. The Bertz CT molecular complexity index is 827. The average molecular weight is 292 g/mol. The Kier molecular flexibility index (Phi) is 3.72. The molecule has 1 heterocycles. The highest BCUT2D eigenvalue weighted by molar-refractivity contribution is 6.03. The largest absolute Gasteiger partial charge is 0.494 e. The molecule has 0 amide bonds. The van der Waals surface area contributed by atoms with Crippen LogP contribution in [0.4, 0.5) is 5.69 Å². The van der Waals surface area contributed by atoms with Crippen molar-refractivity contribution in [3.63, 3.8) is 0 Å². The van der Waals surface area contributed by atoms with Crippen molar-refractivity contribution < 1.29 is 5.11 Å². The molecule has 0 bridgehead atoms. The molecular weight excluding hydrogens is 272 g/mol. The first kappa shape index (κ1) is 14.4. The monoisotopic (exact) mass is 292 g/mol. The predicted molar refractivity (Wildman–Crippen MR) is 92.4 cm³/mol. The molecule has 2 aromatic carbocycles. The standard InChI is InChI=1S/C19H20N2O/c1-13(2)14-8-10-15(11-9-14)20-12-17-16-6-4-5-7-18(16)21(3)19(17)22/h4-13,22H,1-3H3. The lowest BCUT2D eigenvalue weighted by Crippen LogP contribution is -1.86. The lowest BCUT2D eigenvalue weighted by Gasteiger charge is -2.04. The van der Waals surface area contributed by atoms with Gasteiger partial charge in [-0.3, -0.25) is 4.99 Å². The average Bonchev–Trinajstić information content (AvgIpc) is 2.78. The van der Waals surface area contributed by atoms with Gasteiger partial charge in [0.05, 0.1) is 16.8 Å². The number of hydrogen-bond acceptors (Lipinski definition) is 2. The van der Waals surface area contributed by atoms with Crippen LogP contribution in [0.5, 0.6) is 5.88 Å². The third kappa shape index (κ3) is 2.50. The summed E-state index contributed by atoms with van der Waals surface area (Å²) < 4.78 is 1.78. The third-order valence-electron chi connectivity index (χ3n) is 4.02. The molecular formula is C19H20N2O. The van der Waals surface area contributed by atoms with Gasteiger partial charge in [-0.25, -0.2) is 0 Å². The van der Waals surface area contributed by atoms with Crippen LogP contribution in [0.25, 0.3) is 10.9 Å². The number of aromatic hydroxyl groups is 1. The number of nitrogens with zero attached hydrogens (tertiary/aromatic N) is 2. The van der Waals surface area contributed by atoms with E-state index in [2.05, 4.69) is 31.0 Å². The van der Waals surface area contributed by atoms with E-state index in [0.717, 1.165) is 22.2 Å². The summed E-state index contributed by atoms with van der Waals surface area (Å²) in [5.74, 6) is 0.754. The van der Waals surface area contributed by atoms with Gasteiger partial charge in [0.15, 0.2) is 0 Å². The Hall–Kier alpha value is -2.55. The maximum absolute atomic E-state index is 10.3. The van der Waals surface area contributed by atoms with Crippen LogP contribution in [0.15, 0.2) is 53.5 Å². The van der Waals surface area contributed by atoms with Crippen LogP contribution in [0.2, 0.25) is 0 Å². The number of fused-ring (bicyclic) bond motifs is 1. The molecule has 0 radical (unpaired) electrons. The van der Waals surface area contributed by atoms with E-state index in [0.29, 0.717) is 5.92 Å². The molecule has 0 saturated heterocycles. The van der Waals surface area contributed by atoms with E-state index >= 15 is 0 Å². The summed E-state index contributed by atoms with van der Waals surface area (Å²) in [5, 5.41) is 11.3. The van der Waals surface area contributed by atoms with Crippen molar-refractivity contribution in [1.82, 2.24) is 4.57 Å². The van der Waals surface area contributed by atoms with Crippen molar-refractivity contribution in [2.75, 3.05) is 0 Å². The first-order chi connectivity index (χ1) is 10.6. The fraction of sp³-hybridized carbons (Fsp3) is 0.211. The summed E-state index contributed by atoms with van der Waals surface area (Å²) in [6.45, 7) is 4.35. The van der Waals surface area contributed by atoms with Gasteiger partial charge in [0.2, 0.25) is 5.88 Å². The Labute approximate surface area is 130 Å². The molecule has 0 atom stereocenters. The molecule has 0 aliphatic heterocycles. The van der Waals surface area contributed by atoms with E-state index in [-0.39, 0.29) is 5.88 Å². The Morgan fingerprint density at radius 2 is 1.73 bits per heavy atom. The van der Waals surface area contributed by atoms with E-state index in [9.17, 15) is 5.11 Å². The molecule has 0 saturated carbocycles. The second-order valence-electron chi connectivity index (χ2n) is 5.82. The molecule has 0 aliphatic rings. The van der Waals surface area contributed by atoms with Gasteiger partial charge in [-0.15, -0.1) is 0 Å². The van der Waals surface area contributed by atoms with Gasteiger partial charge in [0.25, 0.3) is 0 Å². The number of aryl methyl sites for hydroxylation is 1. The molecule has 0 fully saturated rings. The van der Waals surface area contributed by atoms with Gasteiger partial charge in [0.1, 0.15) is 0 Å². The number of aromatic nitrogens is 1. The predicted octanol–water partition coefficient (Wildman–Crippen LogP) is 4.76. The lowest BCUT2D eigenvalue weighted by molar-refractivity contribution is 0.434. The van der Waals surface area contributed by atoms with Crippen LogP contribution in [-0.4, -0.2) is 15.9 Å². The first-order valence-corrected chi connectivity index (χ1v) is 7.48. The zero-order valence-corrected chi connectivity index (χ0v) is 13.1. The molecule has 1 aromatic heterocycles. The fourth-order valence-corrected chi connectivity index (χ4v) is 2.62. The molecule has 3 heteroatoms. The minimum atomic E-state index is 0.240. The number of benzene rings is 2. The van der Waals surface area contributed by atoms with Crippen molar-refractivity contribution in [2.24, 2.45) is 12.0 Å². The van der Waals surface area contributed by atoms with Crippen molar-refractivity contribution in [2.45, 2.75) is 19.8 Å². The van der Waals surface area contributed by atoms with Gasteiger partial charge in [0, 0.05) is 18.6 Å². The number of rotatable bonds is 3. The van der Waals surface area contributed by atoms with Gasteiger partial charge in [-0.05, 0) is 29.7 Å². The molecule has 3 aromatic rings. The van der Waals surface area contributed by atoms with E-state index in [1.165, 1.54) is 5.56 Å². The Morgan fingerprint density at radius 1 is 1.05 bits per heavy atom. The van der Waals surface area contributed by atoms with Gasteiger partial charge < -0.3 is 9.67 Å². The van der Waals surface area contributed by atoms with Crippen LogP contribution < -0.4 is 0 Å². The second kappa shape index (κ2) is 5.68.